The fourth-order valence-electron chi connectivity index (χ4n) is 4.18. The van der Waals surface area contributed by atoms with E-state index in [1.165, 1.54) is 23.8 Å². The number of carbonyl (C=O) groups is 2. The number of rotatable bonds is 3. The second-order valence-corrected chi connectivity index (χ2v) is 8.86. The van der Waals surface area contributed by atoms with Crippen molar-refractivity contribution in [2.45, 2.75) is 18.6 Å². The third-order valence-corrected chi connectivity index (χ3v) is 6.46. The van der Waals surface area contributed by atoms with Gasteiger partial charge in [0.1, 0.15) is 0 Å². The number of alkyl halides is 2. The molecule has 1 saturated carbocycles. The number of fused-ring (bicyclic) bond motifs is 1. The number of piperazine rings is 1. The Kier molecular flexibility index (Phi) is 4.88. The van der Waals surface area contributed by atoms with Gasteiger partial charge in [-0.15, -0.1) is 8.78 Å². The van der Waals surface area contributed by atoms with Crippen LogP contribution >= 0.6 is 15.9 Å². The maximum atomic E-state index is 13.2. The van der Waals surface area contributed by atoms with Gasteiger partial charge < -0.3 is 19.3 Å². The van der Waals surface area contributed by atoms with Crippen molar-refractivity contribution in [1.29, 1.82) is 0 Å². The van der Waals surface area contributed by atoms with Crippen molar-refractivity contribution in [2.24, 2.45) is 5.92 Å². The van der Waals surface area contributed by atoms with E-state index in [1.54, 1.807) is 4.90 Å². The molecule has 2 unspecified atom stereocenters. The van der Waals surface area contributed by atoms with Crippen LogP contribution in [0.25, 0.3) is 0 Å². The number of hydrogen-bond acceptors (Lipinski definition) is 4. The summed E-state index contributed by atoms with van der Waals surface area (Å²) in [6, 6.07) is 12.1. The summed E-state index contributed by atoms with van der Waals surface area (Å²) in [4.78, 5) is 29.1. The number of hydrogen-bond donors (Lipinski definition) is 0. The lowest BCUT2D eigenvalue weighted by molar-refractivity contribution is -0.286. The number of nitrogens with zero attached hydrogens (tertiary/aromatic N) is 2. The topological polar surface area (TPSA) is 59.1 Å². The first-order valence-corrected chi connectivity index (χ1v) is 10.8. The molecule has 1 saturated heterocycles. The summed E-state index contributed by atoms with van der Waals surface area (Å²) >= 11 is 3.42. The first-order chi connectivity index (χ1) is 14.8. The van der Waals surface area contributed by atoms with Gasteiger partial charge in [0.05, 0.1) is 0 Å². The third-order valence-electron chi connectivity index (χ3n) is 5.93. The molecule has 0 aromatic heterocycles. The Balaban J connectivity index is 1.17. The average molecular weight is 493 g/mol. The van der Waals surface area contributed by atoms with Gasteiger partial charge in [0, 0.05) is 42.1 Å². The number of ether oxygens (including phenoxy) is 2. The van der Waals surface area contributed by atoms with E-state index in [9.17, 15) is 18.4 Å². The Bertz CT molecular complexity index is 1040. The molecule has 2 amide bonds. The van der Waals surface area contributed by atoms with E-state index in [0.29, 0.717) is 26.2 Å². The van der Waals surface area contributed by atoms with Crippen LogP contribution in [0.2, 0.25) is 0 Å². The highest BCUT2D eigenvalue weighted by atomic mass is 79.9. The number of halogens is 3. The van der Waals surface area contributed by atoms with E-state index >= 15 is 0 Å². The first kappa shape index (κ1) is 20.2. The molecule has 2 atom stereocenters. The predicted molar refractivity (Wildman–Crippen MR) is 110 cm³/mol. The maximum Gasteiger partial charge on any atom is 0.586 e. The molecule has 9 heteroatoms. The first-order valence-electron chi connectivity index (χ1n) is 10.0. The zero-order valence-corrected chi connectivity index (χ0v) is 18.0. The fourth-order valence-corrected chi connectivity index (χ4v) is 4.44. The summed E-state index contributed by atoms with van der Waals surface area (Å²) < 4.78 is 36.2. The van der Waals surface area contributed by atoms with Crippen LogP contribution in [0, 0.1) is 5.92 Å². The standard InChI is InChI=1S/C22H19BrF2N2O4/c23-15-4-1-13(2-5-15)16-12-17(16)21(29)27-9-7-26(8-10-27)20(28)14-3-6-18-19(11-14)31-22(24,25)30-18/h1-6,11,16-17H,7-10,12H2. The van der Waals surface area contributed by atoms with Gasteiger partial charge in [-0.25, -0.2) is 0 Å². The van der Waals surface area contributed by atoms with Crippen LogP contribution in [0.1, 0.15) is 28.3 Å². The average Bonchev–Trinajstić information content (AvgIpc) is 3.48. The smallest absolute Gasteiger partial charge is 0.395 e. The van der Waals surface area contributed by atoms with E-state index in [2.05, 4.69) is 25.4 Å². The van der Waals surface area contributed by atoms with Gasteiger partial charge in [-0.1, -0.05) is 28.1 Å². The van der Waals surface area contributed by atoms with Gasteiger partial charge in [-0.3, -0.25) is 9.59 Å². The zero-order valence-electron chi connectivity index (χ0n) is 16.4. The molecule has 0 radical (unpaired) electrons. The Morgan fingerprint density at radius 3 is 2.29 bits per heavy atom. The van der Waals surface area contributed by atoms with Crippen LogP contribution in [-0.2, 0) is 4.79 Å². The highest BCUT2D eigenvalue weighted by Crippen LogP contribution is 2.48. The summed E-state index contributed by atoms with van der Waals surface area (Å²) in [7, 11) is 0. The fraction of sp³-hybridized carbons (Fsp3) is 0.364. The van der Waals surface area contributed by atoms with Gasteiger partial charge in [-0.2, -0.15) is 0 Å². The molecule has 2 fully saturated rings. The molecule has 1 aliphatic carbocycles. The van der Waals surface area contributed by atoms with E-state index in [4.69, 9.17) is 0 Å². The molecule has 31 heavy (non-hydrogen) atoms. The molecule has 162 valence electrons. The normalized spacial score (nSPS) is 23.6. The molecular formula is C22H19BrF2N2O4. The highest BCUT2D eigenvalue weighted by molar-refractivity contribution is 9.10. The molecule has 3 aliphatic rings. The number of amides is 2. The SMILES string of the molecule is O=C(c1ccc2c(c1)OC(F)(F)O2)N1CCN(C(=O)C2CC2c2ccc(Br)cc2)CC1. The molecule has 2 aliphatic heterocycles. The van der Waals surface area contributed by atoms with Gasteiger partial charge in [0.15, 0.2) is 11.5 Å². The summed E-state index contributed by atoms with van der Waals surface area (Å²) in [5.41, 5.74) is 1.42. The second-order valence-electron chi connectivity index (χ2n) is 7.95. The summed E-state index contributed by atoms with van der Waals surface area (Å²) in [5.74, 6) is -0.150. The Morgan fingerprint density at radius 1 is 0.935 bits per heavy atom. The van der Waals surface area contributed by atoms with Gasteiger partial charge in [0.2, 0.25) is 5.91 Å². The van der Waals surface area contributed by atoms with Crippen molar-refractivity contribution >= 4 is 27.7 Å². The van der Waals surface area contributed by atoms with Crippen molar-refractivity contribution in [3.8, 4) is 11.5 Å². The second kappa shape index (κ2) is 7.47. The van der Waals surface area contributed by atoms with Crippen LogP contribution in [-0.4, -0.2) is 54.1 Å². The molecule has 0 N–H and O–H groups in total. The molecular weight excluding hydrogens is 474 g/mol. The maximum absolute atomic E-state index is 13.2. The minimum Gasteiger partial charge on any atom is -0.395 e. The Labute approximate surface area is 185 Å². The quantitative estimate of drug-likeness (QED) is 0.652. The van der Waals surface area contributed by atoms with E-state index in [1.807, 2.05) is 29.2 Å². The molecule has 2 heterocycles. The molecule has 2 aromatic carbocycles. The van der Waals surface area contributed by atoms with Crippen LogP contribution in [0.5, 0.6) is 11.5 Å². The summed E-state index contributed by atoms with van der Waals surface area (Å²) in [6.45, 7) is 1.70. The van der Waals surface area contributed by atoms with E-state index < -0.39 is 6.29 Å². The molecule has 6 nitrogen and oxygen atoms in total. The Morgan fingerprint density at radius 2 is 1.58 bits per heavy atom. The largest absolute Gasteiger partial charge is 0.586 e. The van der Waals surface area contributed by atoms with Gasteiger partial charge >= 0.3 is 6.29 Å². The van der Waals surface area contributed by atoms with Crippen molar-refractivity contribution in [3.05, 3.63) is 58.1 Å². The predicted octanol–water partition coefficient (Wildman–Crippen LogP) is 3.86. The molecule has 5 rings (SSSR count). The van der Waals surface area contributed by atoms with Crippen LogP contribution in [0.15, 0.2) is 46.9 Å². The van der Waals surface area contributed by atoms with E-state index in [-0.39, 0.29) is 40.7 Å². The summed E-state index contributed by atoms with van der Waals surface area (Å²) in [5, 5.41) is 0. The molecule has 2 aromatic rings. The number of carbonyl (C=O) groups excluding carboxylic acids is 2. The molecule has 0 spiro atoms. The van der Waals surface area contributed by atoms with E-state index in [0.717, 1.165) is 10.9 Å². The zero-order chi connectivity index (χ0) is 21.8. The number of benzene rings is 2. The van der Waals surface area contributed by atoms with Crippen LogP contribution in [0.3, 0.4) is 0 Å². The lowest BCUT2D eigenvalue weighted by Gasteiger charge is -2.35. The van der Waals surface area contributed by atoms with Crippen LogP contribution < -0.4 is 9.47 Å². The lowest BCUT2D eigenvalue weighted by atomic mass is 10.1. The van der Waals surface area contributed by atoms with Gasteiger partial charge in [0.25, 0.3) is 5.91 Å². The molecule has 0 bridgehead atoms. The van der Waals surface area contributed by atoms with Crippen molar-refractivity contribution in [1.82, 2.24) is 9.80 Å². The van der Waals surface area contributed by atoms with Gasteiger partial charge in [-0.05, 0) is 48.2 Å². The lowest BCUT2D eigenvalue weighted by Crippen LogP contribution is -2.51. The van der Waals surface area contributed by atoms with Crippen molar-refractivity contribution in [3.63, 3.8) is 0 Å². The van der Waals surface area contributed by atoms with Crippen molar-refractivity contribution < 1.29 is 27.8 Å². The summed E-state index contributed by atoms with van der Waals surface area (Å²) in [6.07, 6.45) is -2.87. The Hall–Kier alpha value is -2.68. The third kappa shape index (κ3) is 3.98. The minimum absolute atomic E-state index is 0.000968. The van der Waals surface area contributed by atoms with Crippen LogP contribution in [0.4, 0.5) is 8.78 Å². The highest BCUT2D eigenvalue weighted by Gasteiger charge is 2.46. The minimum atomic E-state index is -3.72. The van der Waals surface area contributed by atoms with Crippen molar-refractivity contribution in [2.75, 3.05) is 26.2 Å². The monoisotopic (exact) mass is 492 g/mol.